The van der Waals surface area contributed by atoms with Crippen molar-refractivity contribution in [2.75, 3.05) is 19.4 Å². The zero-order valence-corrected chi connectivity index (χ0v) is 13.0. The van der Waals surface area contributed by atoms with Gasteiger partial charge < -0.3 is 9.64 Å². The molecule has 1 amide bonds. The van der Waals surface area contributed by atoms with Crippen LogP contribution in [0.1, 0.15) is 19.4 Å². The summed E-state index contributed by atoms with van der Waals surface area (Å²) in [6, 6.07) is 9.82. The molecule has 0 spiro atoms. The van der Waals surface area contributed by atoms with Gasteiger partial charge in [-0.3, -0.25) is 9.59 Å². The van der Waals surface area contributed by atoms with Crippen LogP contribution in [0.5, 0.6) is 0 Å². The first-order chi connectivity index (χ1) is 9.54. The molecular weight excluding hydrogens is 274 g/mol. The zero-order chi connectivity index (χ0) is 15.0. The molecule has 0 fully saturated rings. The number of hydrogen-bond acceptors (Lipinski definition) is 4. The van der Waals surface area contributed by atoms with E-state index in [-0.39, 0.29) is 22.9 Å². The van der Waals surface area contributed by atoms with Gasteiger partial charge in [0.15, 0.2) is 0 Å². The molecule has 1 aromatic rings. The molecule has 0 aromatic heterocycles. The Balaban J connectivity index is 2.41. The van der Waals surface area contributed by atoms with Crippen LogP contribution in [0.3, 0.4) is 0 Å². The summed E-state index contributed by atoms with van der Waals surface area (Å²) in [5.41, 5.74) is 1.09. The maximum atomic E-state index is 12.2. The topological polar surface area (TPSA) is 46.6 Å². The molecular formula is C15H21NO3S. The highest BCUT2D eigenvalue weighted by atomic mass is 32.2. The number of nitrogens with zero attached hydrogens (tertiary/aromatic N) is 1. The van der Waals surface area contributed by atoms with Crippen LogP contribution in [0.2, 0.25) is 0 Å². The fourth-order valence-corrected chi connectivity index (χ4v) is 2.50. The number of esters is 1. The van der Waals surface area contributed by atoms with Gasteiger partial charge in [-0.2, -0.15) is 0 Å². The molecule has 110 valence electrons. The molecule has 0 aliphatic rings. The predicted octanol–water partition coefficient (Wildman–Crippen LogP) is 2.33. The van der Waals surface area contributed by atoms with E-state index in [2.05, 4.69) is 0 Å². The van der Waals surface area contributed by atoms with Crippen LogP contribution in [0.4, 0.5) is 0 Å². The van der Waals surface area contributed by atoms with Crippen molar-refractivity contribution < 1.29 is 14.3 Å². The molecule has 0 N–H and O–H groups in total. The van der Waals surface area contributed by atoms with Gasteiger partial charge >= 0.3 is 5.97 Å². The van der Waals surface area contributed by atoms with Gasteiger partial charge in [0.05, 0.1) is 17.6 Å². The molecule has 0 aliphatic carbocycles. The first kappa shape index (κ1) is 16.6. The fourth-order valence-electron chi connectivity index (χ4n) is 1.71. The van der Waals surface area contributed by atoms with Gasteiger partial charge in [0.2, 0.25) is 5.91 Å². The molecule has 4 nitrogen and oxygen atoms in total. The summed E-state index contributed by atoms with van der Waals surface area (Å²) < 4.78 is 4.84. The van der Waals surface area contributed by atoms with Crippen LogP contribution < -0.4 is 0 Å². The van der Waals surface area contributed by atoms with Crippen LogP contribution in [-0.4, -0.2) is 41.4 Å². The Kier molecular flexibility index (Phi) is 7.15. The monoisotopic (exact) mass is 295 g/mol. The fraction of sp³-hybridized carbons (Fsp3) is 0.467. The lowest BCUT2D eigenvalue weighted by Crippen LogP contribution is -2.33. The van der Waals surface area contributed by atoms with Crippen LogP contribution in [-0.2, 0) is 20.9 Å². The van der Waals surface area contributed by atoms with Gasteiger partial charge in [-0.1, -0.05) is 30.3 Å². The minimum atomic E-state index is -0.275. The molecule has 1 atom stereocenters. The number of carbonyl (C=O) groups is 2. The second-order valence-corrected chi connectivity index (χ2v) is 5.77. The lowest BCUT2D eigenvalue weighted by molar-refractivity contribution is -0.139. The van der Waals surface area contributed by atoms with Gasteiger partial charge in [0, 0.05) is 13.6 Å². The number of carbonyl (C=O) groups excluding carboxylic acids is 2. The quantitative estimate of drug-likeness (QED) is 0.724. The molecule has 0 bridgehead atoms. The summed E-state index contributed by atoms with van der Waals surface area (Å²) in [6.45, 7) is 4.53. The maximum absolute atomic E-state index is 12.2. The molecule has 5 heteroatoms. The summed E-state index contributed by atoms with van der Waals surface area (Å²) in [7, 11) is 1.77. The third-order valence-electron chi connectivity index (χ3n) is 2.74. The number of benzene rings is 1. The van der Waals surface area contributed by atoms with E-state index in [4.69, 9.17) is 4.74 Å². The number of amides is 1. The SMILES string of the molecule is CCOC(=O)CSC(C)C(=O)N(C)Cc1ccccc1. The van der Waals surface area contributed by atoms with Gasteiger partial charge in [-0.05, 0) is 19.4 Å². The van der Waals surface area contributed by atoms with E-state index in [9.17, 15) is 9.59 Å². The molecule has 0 aliphatic heterocycles. The molecule has 1 rings (SSSR count). The van der Waals surface area contributed by atoms with E-state index in [1.54, 1.807) is 18.9 Å². The Labute approximate surface area is 124 Å². The lowest BCUT2D eigenvalue weighted by atomic mass is 10.2. The van der Waals surface area contributed by atoms with Gasteiger partial charge in [-0.15, -0.1) is 11.8 Å². The van der Waals surface area contributed by atoms with Crippen LogP contribution >= 0.6 is 11.8 Å². The van der Waals surface area contributed by atoms with Crippen molar-refractivity contribution in [2.24, 2.45) is 0 Å². The molecule has 1 aromatic carbocycles. The highest BCUT2D eigenvalue weighted by Gasteiger charge is 2.19. The smallest absolute Gasteiger partial charge is 0.315 e. The summed E-state index contributed by atoms with van der Waals surface area (Å²) >= 11 is 1.31. The summed E-state index contributed by atoms with van der Waals surface area (Å²) in [4.78, 5) is 25.1. The Bertz CT molecular complexity index is 436. The van der Waals surface area contributed by atoms with Crippen molar-refractivity contribution in [3.8, 4) is 0 Å². The normalized spacial score (nSPS) is 11.8. The number of rotatable bonds is 7. The first-order valence-corrected chi connectivity index (χ1v) is 7.65. The molecule has 1 unspecified atom stereocenters. The van der Waals surface area contributed by atoms with E-state index >= 15 is 0 Å². The Morgan fingerprint density at radius 3 is 2.55 bits per heavy atom. The van der Waals surface area contributed by atoms with Gasteiger partial charge in [0.25, 0.3) is 0 Å². The highest BCUT2D eigenvalue weighted by molar-refractivity contribution is 8.01. The van der Waals surface area contributed by atoms with Crippen molar-refractivity contribution in [1.29, 1.82) is 0 Å². The average molecular weight is 295 g/mol. The summed E-state index contributed by atoms with van der Waals surface area (Å²) in [6.07, 6.45) is 0. The van der Waals surface area contributed by atoms with Crippen molar-refractivity contribution >= 4 is 23.6 Å². The number of ether oxygens (including phenoxy) is 1. The van der Waals surface area contributed by atoms with Crippen molar-refractivity contribution in [3.05, 3.63) is 35.9 Å². The number of hydrogen-bond donors (Lipinski definition) is 0. The van der Waals surface area contributed by atoms with Gasteiger partial charge in [0.1, 0.15) is 0 Å². The third-order valence-corrected chi connectivity index (χ3v) is 3.85. The predicted molar refractivity (Wildman–Crippen MR) is 81.5 cm³/mol. The van der Waals surface area contributed by atoms with E-state index in [0.717, 1.165) is 5.56 Å². The maximum Gasteiger partial charge on any atom is 0.315 e. The minimum absolute atomic E-state index is 0.0168. The van der Waals surface area contributed by atoms with Crippen molar-refractivity contribution in [1.82, 2.24) is 4.90 Å². The first-order valence-electron chi connectivity index (χ1n) is 6.60. The minimum Gasteiger partial charge on any atom is -0.465 e. The second kappa shape index (κ2) is 8.64. The largest absolute Gasteiger partial charge is 0.465 e. The molecule has 0 saturated carbocycles. The Morgan fingerprint density at radius 1 is 1.30 bits per heavy atom. The van der Waals surface area contributed by atoms with Crippen LogP contribution in [0, 0.1) is 0 Å². The second-order valence-electron chi connectivity index (χ2n) is 4.44. The lowest BCUT2D eigenvalue weighted by Gasteiger charge is -2.21. The average Bonchev–Trinajstić information content (AvgIpc) is 2.45. The zero-order valence-electron chi connectivity index (χ0n) is 12.2. The summed E-state index contributed by atoms with van der Waals surface area (Å²) in [5.74, 6) is -0.0501. The third kappa shape index (κ3) is 5.65. The van der Waals surface area contributed by atoms with Gasteiger partial charge in [-0.25, -0.2) is 0 Å². The van der Waals surface area contributed by atoms with Crippen molar-refractivity contribution in [3.63, 3.8) is 0 Å². The van der Waals surface area contributed by atoms with E-state index in [1.165, 1.54) is 11.8 Å². The molecule has 0 radical (unpaired) electrons. The highest BCUT2D eigenvalue weighted by Crippen LogP contribution is 2.14. The van der Waals surface area contributed by atoms with E-state index in [0.29, 0.717) is 13.2 Å². The standard InChI is InChI=1S/C15H21NO3S/c1-4-19-14(17)11-20-12(2)15(18)16(3)10-13-8-6-5-7-9-13/h5-9,12H,4,10-11H2,1-3H3. The van der Waals surface area contributed by atoms with Crippen LogP contribution in [0.25, 0.3) is 0 Å². The Morgan fingerprint density at radius 2 is 1.95 bits per heavy atom. The Hall–Kier alpha value is -1.49. The van der Waals surface area contributed by atoms with Crippen molar-refractivity contribution in [2.45, 2.75) is 25.6 Å². The molecule has 0 heterocycles. The van der Waals surface area contributed by atoms with E-state index < -0.39 is 0 Å². The molecule has 0 saturated heterocycles. The van der Waals surface area contributed by atoms with Crippen LogP contribution in [0.15, 0.2) is 30.3 Å². The molecule has 20 heavy (non-hydrogen) atoms. The van der Waals surface area contributed by atoms with E-state index in [1.807, 2.05) is 37.3 Å². The number of thioether (sulfide) groups is 1. The summed E-state index contributed by atoms with van der Waals surface area (Å²) in [5, 5.41) is -0.256.